The van der Waals surface area contributed by atoms with Crippen molar-refractivity contribution in [1.82, 2.24) is 15.7 Å². The van der Waals surface area contributed by atoms with E-state index in [0.717, 1.165) is 0 Å². The van der Waals surface area contributed by atoms with E-state index in [9.17, 15) is 20.2 Å². The summed E-state index contributed by atoms with van der Waals surface area (Å²) in [6, 6.07) is -2.25. The fourth-order valence-corrected chi connectivity index (χ4v) is 3.39. The molecule has 3 atom stereocenters. The lowest BCUT2D eigenvalue weighted by Gasteiger charge is -2.47. The molecule has 1 unspecified atom stereocenters. The van der Waals surface area contributed by atoms with Crippen LogP contribution in [0.4, 0.5) is 4.79 Å². The molecule has 13 heteroatoms. The number of rotatable bonds is 2. The van der Waals surface area contributed by atoms with Crippen molar-refractivity contribution in [2.45, 2.75) is 30.0 Å². The van der Waals surface area contributed by atoms with E-state index in [1.165, 1.54) is 10.4 Å². The van der Waals surface area contributed by atoms with E-state index >= 15 is 0 Å². The lowest BCUT2D eigenvalue weighted by atomic mass is 9.86. The van der Waals surface area contributed by atoms with Crippen LogP contribution in [0.25, 0.3) is 0 Å². The Labute approximate surface area is 129 Å². The molecule has 128 valence electrons. The van der Waals surface area contributed by atoms with Gasteiger partial charge in [0.15, 0.2) is 12.0 Å². The zero-order chi connectivity index (χ0) is 17.0. The first-order valence-electron chi connectivity index (χ1n) is 6.74. The smallest absolute Gasteiger partial charge is 0.431 e. The van der Waals surface area contributed by atoms with Gasteiger partial charge >= 0.3 is 12.1 Å². The average Bonchev–Trinajstić information content (AvgIpc) is 2.97. The van der Waals surface area contributed by atoms with E-state index in [1.54, 1.807) is 0 Å². The quantitative estimate of drug-likeness (QED) is 0.0851. The lowest BCUT2D eigenvalue weighted by molar-refractivity contribution is -0.529. The number of ether oxygens (including phenoxy) is 1. The summed E-state index contributed by atoms with van der Waals surface area (Å²) in [6.07, 6.45) is -1.28. The number of aliphatic hydroxyl groups is 2. The summed E-state index contributed by atoms with van der Waals surface area (Å²) >= 11 is 0. The van der Waals surface area contributed by atoms with Gasteiger partial charge in [-0.2, -0.15) is 0 Å². The van der Waals surface area contributed by atoms with Gasteiger partial charge in [-0.05, 0) is 0 Å². The van der Waals surface area contributed by atoms with Gasteiger partial charge in [0.1, 0.15) is 12.6 Å². The van der Waals surface area contributed by atoms with E-state index < -0.39 is 36.2 Å². The number of hydrogen-bond donors (Lipinski definition) is 7. The Morgan fingerprint density at radius 2 is 2.30 bits per heavy atom. The molecule has 3 aliphatic heterocycles. The van der Waals surface area contributed by atoms with E-state index in [4.69, 9.17) is 16.7 Å². The molecule has 3 rings (SSSR count). The zero-order valence-electron chi connectivity index (χ0n) is 11.8. The Bertz CT molecular complexity index is 607. The lowest BCUT2D eigenvalue weighted by Crippen LogP contribution is -2.79. The van der Waals surface area contributed by atoms with Crippen molar-refractivity contribution in [3.8, 4) is 0 Å². The normalized spacial score (nSPS) is 34.4. The topological polar surface area (TPSA) is 205 Å². The minimum Gasteiger partial charge on any atom is -0.744 e. The number of aliphatic imine (C=N–C) groups is 1. The molecular weight excluding hydrogens is 314 g/mol. The minimum atomic E-state index is -2.27. The van der Waals surface area contributed by atoms with Gasteiger partial charge < -0.3 is 31.2 Å². The number of guanidine groups is 2. The third-order valence-electron chi connectivity index (χ3n) is 4.39. The third kappa shape index (κ3) is 1.87. The Morgan fingerprint density at radius 3 is 2.96 bits per heavy atom. The molecule has 1 fully saturated rings. The van der Waals surface area contributed by atoms with Crippen LogP contribution >= 0.6 is 0 Å². The highest BCUT2D eigenvalue weighted by molar-refractivity contribution is 5.85. The summed E-state index contributed by atoms with van der Waals surface area (Å²) in [5.74, 6) is -2.67. The molecule has 1 amide bonds. The Hall–Kier alpha value is -2.51. The van der Waals surface area contributed by atoms with Crippen LogP contribution < -0.4 is 22.3 Å². The van der Waals surface area contributed by atoms with Gasteiger partial charge in [-0.15, -0.1) is 0 Å². The van der Waals surface area contributed by atoms with Gasteiger partial charge in [0.2, 0.25) is 11.4 Å². The fourth-order valence-electron chi connectivity index (χ4n) is 3.39. The van der Waals surface area contributed by atoms with Crippen LogP contribution in [0.15, 0.2) is 4.99 Å². The molecular formula is C10H17N7O6. The van der Waals surface area contributed by atoms with Gasteiger partial charge in [0.05, 0.1) is 6.54 Å². The van der Waals surface area contributed by atoms with Gasteiger partial charge in [0.25, 0.3) is 0 Å². The molecule has 1 saturated heterocycles. The molecule has 9 N–H and O–H groups in total. The monoisotopic (exact) mass is 331 g/mol. The SMILES string of the molecule is NC1=N[C@H]2[C@H](COC(=O)NO)[N+]([O-])=C(N)N3CCC(O)(O)C23N1. The summed E-state index contributed by atoms with van der Waals surface area (Å²) in [5, 5.41) is 44.3. The second-order valence-corrected chi connectivity index (χ2v) is 5.53. The molecule has 0 bridgehead atoms. The van der Waals surface area contributed by atoms with Crippen molar-refractivity contribution in [2.24, 2.45) is 16.5 Å². The number of hydroxylamine groups is 2. The highest BCUT2D eigenvalue weighted by Gasteiger charge is 2.73. The molecule has 1 spiro atoms. The largest absolute Gasteiger partial charge is 0.744 e. The second kappa shape index (κ2) is 4.74. The Kier molecular flexibility index (Phi) is 3.17. The fraction of sp³-hybridized carbons (Fsp3) is 0.700. The van der Waals surface area contributed by atoms with Crippen LogP contribution in [-0.2, 0) is 4.74 Å². The predicted octanol–water partition coefficient (Wildman–Crippen LogP) is -4.32. The van der Waals surface area contributed by atoms with Gasteiger partial charge in [-0.25, -0.2) is 20.2 Å². The number of hydrogen-bond acceptors (Lipinski definition) is 11. The van der Waals surface area contributed by atoms with Crippen LogP contribution in [0, 0.1) is 5.21 Å². The summed E-state index contributed by atoms with van der Waals surface area (Å²) in [4.78, 5) is 16.4. The molecule has 13 nitrogen and oxygen atoms in total. The van der Waals surface area contributed by atoms with Crippen LogP contribution in [0.1, 0.15) is 6.42 Å². The van der Waals surface area contributed by atoms with Crippen molar-refractivity contribution in [1.29, 1.82) is 0 Å². The van der Waals surface area contributed by atoms with Crippen molar-refractivity contribution >= 4 is 18.0 Å². The number of amides is 1. The summed E-state index contributed by atoms with van der Waals surface area (Å²) in [6.45, 7) is -0.417. The first kappa shape index (κ1) is 15.4. The van der Waals surface area contributed by atoms with Crippen LogP contribution in [-0.4, -0.2) is 79.8 Å². The summed E-state index contributed by atoms with van der Waals surface area (Å²) in [7, 11) is 0. The predicted molar refractivity (Wildman–Crippen MR) is 72.6 cm³/mol. The van der Waals surface area contributed by atoms with Crippen LogP contribution in [0.5, 0.6) is 0 Å². The molecule has 0 aliphatic carbocycles. The maximum atomic E-state index is 12.4. The van der Waals surface area contributed by atoms with Crippen LogP contribution in [0.2, 0.25) is 0 Å². The van der Waals surface area contributed by atoms with Gasteiger partial charge in [-0.3, -0.25) is 15.7 Å². The second-order valence-electron chi connectivity index (χ2n) is 5.53. The molecule has 3 heterocycles. The number of carbonyl (C=O) groups excluding carboxylic acids is 1. The first-order valence-corrected chi connectivity index (χ1v) is 6.74. The number of carbonyl (C=O) groups is 1. The highest BCUT2D eigenvalue weighted by Crippen LogP contribution is 2.44. The van der Waals surface area contributed by atoms with E-state index in [2.05, 4.69) is 15.0 Å². The van der Waals surface area contributed by atoms with Crippen molar-refractivity contribution < 1.29 is 29.7 Å². The van der Waals surface area contributed by atoms with Gasteiger partial charge in [0, 0.05) is 6.42 Å². The Morgan fingerprint density at radius 1 is 1.61 bits per heavy atom. The molecule has 0 aromatic heterocycles. The molecule has 0 radical (unpaired) electrons. The Balaban J connectivity index is 2.02. The first-order chi connectivity index (χ1) is 10.7. The maximum Gasteiger partial charge on any atom is 0.431 e. The average molecular weight is 331 g/mol. The van der Waals surface area contributed by atoms with E-state index in [0.29, 0.717) is 4.74 Å². The highest BCUT2D eigenvalue weighted by atomic mass is 16.6. The molecule has 23 heavy (non-hydrogen) atoms. The maximum absolute atomic E-state index is 12.4. The number of nitrogens with two attached hydrogens (primary N) is 2. The van der Waals surface area contributed by atoms with Crippen molar-refractivity contribution in [2.75, 3.05) is 13.2 Å². The zero-order valence-corrected chi connectivity index (χ0v) is 11.8. The van der Waals surface area contributed by atoms with E-state index in [-0.39, 0.29) is 24.9 Å². The number of nitrogens with zero attached hydrogens (tertiary/aromatic N) is 3. The molecule has 0 aromatic rings. The summed E-state index contributed by atoms with van der Waals surface area (Å²) < 4.78 is 5.05. The van der Waals surface area contributed by atoms with Crippen molar-refractivity contribution in [3.05, 3.63) is 5.21 Å². The third-order valence-corrected chi connectivity index (χ3v) is 4.39. The van der Waals surface area contributed by atoms with Crippen LogP contribution in [0.3, 0.4) is 0 Å². The number of nitrogens with one attached hydrogen (secondary N) is 2. The molecule has 0 aromatic carbocycles. The molecule has 3 aliphatic rings. The van der Waals surface area contributed by atoms with Gasteiger partial charge in [-0.1, -0.05) is 0 Å². The summed E-state index contributed by atoms with van der Waals surface area (Å²) in [5.41, 5.74) is 11.1. The molecule has 0 saturated carbocycles. The van der Waals surface area contributed by atoms with E-state index in [1.807, 2.05) is 0 Å². The minimum absolute atomic E-state index is 0.0918. The van der Waals surface area contributed by atoms with Crippen molar-refractivity contribution in [3.63, 3.8) is 0 Å². The standard InChI is InChI=1S/C10H17N7O6/c11-6-13-5-4(3-23-8(18)15-21)17(22)7(12)16-2-1-9(19,20)10(5,16)14-6/h4-5,19-21H,1-3,12H2,(H,15,18)(H3,11,13,14)/t4-,5-,10?/m0/s1.